The van der Waals surface area contributed by atoms with Crippen molar-refractivity contribution in [3.05, 3.63) is 52.4 Å². The second-order valence-corrected chi connectivity index (χ2v) is 6.42. The van der Waals surface area contributed by atoms with E-state index in [1.54, 1.807) is 24.7 Å². The minimum atomic E-state index is 0.487. The minimum Gasteiger partial charge on any atom is -0.370 e. The SMILES string of the molecule is Clc1cccc(-n2nc(-c3cnccn3)c3c2NCCCC3)c1Cl. The number of nitrogens with zero attached hydrogens (tertiary/aromatic N) is 4. The van der Waals surface area contributed by atoms with Crippen molar-refractivity contribution in [2.24, 2.45) is 0 Å². The fourth-order valence-corrected chi connectivity index (χ4v) is 3.34. The van der Waals surface area contributed by atoms with Crippen LogP contribution in [0.15, 0.2) is 36.8 Å². The summed E-state index contributed by atoms with van der Waals surface area (Å²) in [5, 5.41) is 9.26. The Hall–Kier alpha value is -2.11. The summed E-state index contributed by atoms with van der Waals surface area (Å²) in [7, 11) is 0. The average molecular weight is 360 g/mol. The van der Waals surface area contributed by atoms with E-state index in [9.17, 15) is 0 Å². The second kappa shape index (κ2) is 6.42. The predicted molar refractivity (Wildman–Crippen MR) is 96.0 cm³/mol. The first-order valence-electron chi connectivity index (χ1n) is 7.82. The summed E-state index contributed by atoms with van der Waals surface area (Å²) in [6, 6.07) is 5.55. The van der Waals surface area contributed by atoms with Crippen LogP contribution in [0.4, 0.5) is 5.82 Å². The number of aromatic nitrogens is 4. The maximum Gasteiger partial charge on any atom is 0.133 e. The maximum absolute atomic E-state index is 6.42. The Labute approximate surface area is 149 Å². The molecule has 24 heavy (non-hydrogen) atoms. The van der Waals surface area contributed by atoms with Gasteiger partial charge in [0.25, 0.3) is 0 Å². The third-order valence-electron chi connectivity index (χ3n) is 4.09. The number of nitrogens with one attached hydrogen (secondary N) is 1. The van der Waals surface area contributed by atoms with Crippen molar-refractivity contribution >= 4 is 29.0 Å². The van der Waals surface area contributed by atoms with Crippen LogP contribution in [-0.4, -0.2) is 26.3 Å². The van der Waals surface area contributed by atoms with Gasteiger partial charge in [-0.25, -0.2) is 4.68 Å². The molecule has 0 aliphatic carbocycles. The van der Waals surface area contributed by atoms with Crippen LogP contribution in [0.1, 0.15) is 18.4 Å². The maximum atomic E-state index is 6.42. The van der Waals surface area contributed by atoms with E-state index in [0.717, 1.165) is 54.3 Å². The lowest BCUT2D eigenvalue weighted by molar-refractivity contribution is 0.779. The van der Waals surface area contributed by atoms with Crippen LogP contribution in [0, 0.1) is 0 Å². The van der Waals surface area contributed by atoms with Crippen LogP contribution in [0.5, 0.6) is 0 Å². The summed E-state index contributed by atoms with van der Waals surface area (Å²) in [6.45, 7) is 0.900. The first-order valence-corrected chi connectivity index (χ1v) is 8.58. The van der Waals surface area contributed by atoms with Gasteiger partial charge in [0.05, 0.1) is 21.9 Å². The monoisotopic (exact) mass is 359 g/mol. The minimum absolute atomic E-state index is 0.487. The van der Waals surface area contributed by atoms with Crippen molar-refractivity contribution in [2.45, 2.75) is 19.3 Å². The third-order valence-corrected chi connectivity index (χ3v) is 4.90. The largest absolute Gasteiger partial charge is 0.370 e. The smallest absolute Gasteiger partial charge is 0.133 e. The highest BCUT2D eigenvalue weighted by Gasteiger charge is 2.23. The van der Waals surface area contributed by atoms with Gasteiger partial charge in [-0.2, -0.15) is 5.10 Å². The Morgan fingerprint density at radius 3 is 2.88 bits per heavy atom. The van der Waals surface area contributed by atoms with Crippen molar-refractivity contribution in [1.29, 1.82) is 0 Å². The molecule has 0 bridgehead atoms. The second-order valence-electron chi connectivity index (χ2n) is 5.64. The van der Waals surface area contributed by atoms with E-state index < -0.39 is 0 Å². The molecule has 0 unspecified atom stereocenters. The zero-order chi connectivity index (χ0) is 16.5. The molecular weight excluding hydrogens is 345 g/mol. The van der Waals surface area contributed by atoms with Gasteiger partial charge >= 0.3 is 0 Å². The number of anilines is 1. The molecule has 2 aromatic heterocycles. The summed E-state index contributed by atoms with van der Waals surface area (Å²) < 4.78 is 1.83. The highest BCUT2D eigenvalue weighted by atomic mass is 35.5. The lowest BCUT2D eigenvalue weighted by Crippen LogP contribution is -2.07. The first kappa shape index (κ1) is 15.4. The van der Waals surface area contributed by atoms with Gasteiger partial charge in [0, 0.05) is 24.5 Å². The van der Waals surface area contributed by atoms with Crippen molar-refractivity contribution in [3.8, 4) is 17.1 Å². The summed E-state index contributed by atoms with van der Waals surface area (Å²) >= 11 is 12.6. The summed E-state index contributed by atoms with van der Waals surface area (Å²) in [5.41, 5.74) is 3.49. The standard InChI is InChI=1S/C17H15Cl2N5/c18-12-5-3-6-14(15(12)19)24-17-11(4-1-2-7-22-17)16(23-24)13-10-20-8-9-21-13/h3,5-6,8-10,22H,1-2,4,7H2. The molecule has 0 radical (unpaired) electrons. The van der Waals surface area contributed by atoms with Gasteiger partial charge in [0.2, 0.25) is 0 Å². The first-order chi connectivity index (χ1) is 11.8. The summed E-state index contributed by atoms with van der Waals surface area (Å²) in [4.78, 5) is 8.58. The molecule has 5 nitrogen and oxygen atoms in total. The summed E-state index contributed by atoms with van der Waals surface area (Å²) in [5.74, 6) is 0.956. The number of fused-ring (bicyclic) bond motifs is 1. The molecule has 4 rings (SSSR count). The lowest BCUT2D eigenvalue weighted by Gasteiger charge is -2.11. The number of halogens is 2. The van der Waals surface area contributed by atoms with E-state index in [-0.39, 0.29) is 0 Å². The molecule has 122 valence electrons. The molecule has 1 aromatic carbocycles. The van der Waals surface area contributed by atoms with Gasteiger partial charge < -0.3 is 5.32 Å². The van der Waals surface area contributed by atoms with Gasteiger partial charge in [-0.15, -0.1) is 0 Å². The highest BCUT2D eigenvalue weighted by molar-refractivity contribution is 6.43. The fraction of sp³-hybridized carbons (Fsp3) is 0.235. The van der Waals surface area contributed by atoms with Gasteiger partial charge in [-0.1, -0.05) is 29.3 Å². The molecule has 0 amide bonds. The van der Waals surface area contributed by atoms with Gasteiger partial charge in [0.1, 0.15) is 17.2 Å². The van der Waals surface area contributed by atoms with E-state index in [1.165, 1.54) is 0 Å². The van der Waals surface area contributed by atoms with E-state index in [2.05, 4.69) is 15.3 Å². The quantitative estimate of drug-likeness (QED) is 0.737. The Morgan fingerprint density at radius 2 is 2.04 bits per heavy atom. The Bertz CT molecular complexity index is 876. The Balaban J connectivity index is 1.95. The van der Waals surface area contributed by atoms with Crippen molar-refractivity contribution in [3.63, 3.8) is 0 Å². The van der Waals surface area contributed by atoms with E-state index in [4.69, 9.17) is 28.3 Å². The van der Waals surface area contributed by atoms with Gasteiger partial charge in [-0.3, -0.25) is 9.97 Å². The molecule has 0 fully saturated rings. The van der Waals surface area contributed by atoms with Gasteiger partial charge in [-0.05, 0) is 31.4 Å². The molecule has 0 saturated carbocycles. The van der Waals surface area contributed by atoms with Crippen LogP contribution in [0.3, 0.4) is 0 Å². The van der Waals surface area contributed by atoms with Crippen LogP contribution in [0.25, 0.3) is 17.1 Å². The molecule has 7 heteroatoms. The van der Waals surface area contributed by atoms with Crippen molar-refractivity contribution < 1.29 is 0 Å². The predicted octanol–water partition coefficient (Wildman–Crippen LogP) is 4.38. The summed E-state index contributed by atoms with van der Waals surface area (Å²) in [6.07, 6.45) is 8.21. The topological polar surface area (TPSA) is 55.6 Å². The Morgan fingerprint density at radius 1 is 1.12 bits per heavy atom. The van der Waals surface area contributed by atoms with Crippen LogP contribution >= 0.6 is 23.2 Å². The molecule has 1 aliphatic rings. The molecule has 1 N–H and O–H groups in total. The van der Waals surface area contributed by atoms with E-state index >= 15 is 0 Å². The van der Waals surface area contributed by atoms with Crippen LogP contribution in [-0.2, 0) is 6.42 Å². The van der Waals surface area contributed by atoms with Crippen molar-refractivity contribution in [2.75, 3.05) is 11.9 Å². The van der Waals surface area contributed by atoms with E-state index in [1.807, 2.05) is 16.8 Å². The Kier molecular flexibility index (Phi) is 4.12. The van der Waals surface area contributed by atoms with Crippen LogP contribution < -0.4 is 5.32 Å². The fourth-order valence-electron chi connectivity index (χ4n) is 2.96. The van der Waals surface area contributed by atoms with Crippen molar-refractivity contribution in [1.82, 2.24) is 19.7 Å². The average Bonchev–Trinajstić information content (AvgIpc) is 2.79. The molecule has 0 spiro atoms. The normalized spacial score (nSPS) is 13.9. The van der Waals surface area contributed by atoms with Gasteiger partial charge in [0.15, 0.2) is 0 Å². The lowest BCUT2D eigenvalue weighted by atomic mass is 10.1. The number of hydrogen-bond donors (Lipinski definition) is 1. The number of rotatable bonds is 2. The molecule has 3 aromatic rings. The molecule has 3 heterocycles. The molecule has 0 atom stereocenters. The molecule has 0 saturated heterocycles. The zero-order valence-electron chi connectivity index (χ0n) is 12.8. The number of hydrogen-bond acceptors (Lipinski definition) is 4. The van der Waals surface area contributed by atoms with Crippen LogP contribution in [0.2, 0.25) is 10.0 Å². The molecule has 1 aliphatic heterocycles. The van der Waals surface area contributed by atoms with E-state index in [0.29, 0.717) is 10.0 Å². The number of benzene rings is 1. The highest BCUT2D eigenvalue weighted by Crippen LogP contribution is 2.36. The zero-order valence-corrected chi connectivity index (χ0v) is 14.3. The molecular formula is C17H15Cl2N5. The third kappa shape index (κ3) is 2.64.